The molecule has 5 rings (SSSR count). The number of carbonyl (C=O) groups is 1. The third-order valence-electron chi connectivity index (χ3n) is 8.42. The lowest BCUT2D eigenvalue weighted by molar-refractivity contribution is -0.128. The van der Waals surface area contributed by atoms with Gasteiger partial charge in [0.05, 0.1) is 5.41 Å². The molecule has 1 aliphatic heterocycles. The molecule has 2 aromatic carbocycles. The lowest BCUT2D eigenvalue weighted by atomic mass is 9.58. The third-order valence-corrected chi connectivity index (χ3v) is 8.42. The summed E-state index contributed by atoms with van der Waals surface area (Å²) in [6, 6.07) is 18.7. The van der Waals surface area contributed by atoms with Gasteiger partial charge >= 0.3 is 0 Å². The van der Waals surface area contributed by atoms with Crippen LogP contribution < -0.4 is 10.6 Å². The maximum absolute atomic E-state index is 13.8. The van der Waals surface area contributed by atoms with Crippen LogP contribution in [-0.2, 0) is 15.6 Å². The molecule has 2 bridgehead atoms. The van der Waals surface area contributed by atoms with Crippen LogP contribution in [-0.4, -0.2) is 29.6 Å². The minimum absolute atomic E-state index is 0.0135. The van der Waals surface area contributed by atoms with Crippen molar-refractivity contribution in [3.05, 3.63) is 65.7 Å². The van der Waals surface area contributed by atoms with Crippen molar-refractivity contribution >= 4 is 5.91 Å². The van der Waals surface area contributed by atoms with Crippen LogP contribution >= 0.6 is 0 Å². The van der Waals surface area contributed by atoms with Gasteiger partial charge in [-0.05, 0) is 67.8 Å². The molecular formula is C27H34N2O2. The zero-order valence-electron chi connectivity index (χ0n) is 18.4. The quantitative estimate of drug-likeness (QED) is 0.689. The van der Waals surface area contributed by atoms with Gasteiger partial charge in [0.15, 0.2) is 0 Å². The summed E-state index contributed by atoms with van der Waals surface area (Å²) in [4.78, 5) is 13.8. The molecule has 1 saturated heterocycles. The molecule has 4 heteroatoms. The summed E-state index contributed by atoms with van der Waals surface area (Å²) in [5, 5.41) is 17.4. The molecule has 3 aliphatic rings. The predicted molar refractivity (Wildman–Crippen MR) is 123 cm³/mol. The standard InChI is InChI=1S/C27H34N2O2/c1-19-18-28-22-15-23(17-27(19,16-22)21-10-7-11-24(30)14-21)29-25(31)26(12-5-6-13-26)20-8-3-2-4-9-20/h2-4,7-11,14,19,22-23,28,30H,5-6,12-13,15-18H2,1H3,(H,29,31)/t19-,22+,23+,27-/m0/s1. The number of carbonyl (C=O) groups excluding carboxylic acids is 1. The minimum Gasteiger partial charge on any atom is -0.508 e. The summed E-state index contributed by atoms with van der Waals surface area (Å²) in [5.74, 6) is 0.981. The SMILES string of the molecule is C[C@H]1CN[C@@H]2C[C@@H](NC(=O)C3(c4ccccc4)CCCC3)C[C@@]1(c1cccc(O)c1)C2. The third kappa shape index (κ3) is 3.55. The Bertz CT molecular complexity index is 937. The van der Waals surface area contributed by atoms with Crippen LogP contribution in [0.15, 0.2) is 54.6 Å². The Kier molecular flexibility index (Phi) is 5.29. The number of hydrogen-bond acceptors (Lipinski definition) is 3. The van der Waals surface area contributed by atoms with Gasteiger partial charge in [-0.3, -0.25) is 4.79 Å². The van der Waals surface area contributed by atoms with Crippen LogP contribution in [0.4, 0.5) is 0 Å². The predicted octanol–water partition coefficient (Wildman–Crippen LogP) is 4.42. The molecule has 1 heterocycles. The van der Waals surface area contributed by atoms with Gasteiger partial charge in [-0.2, -0.15) is 0 Å². The monoisotopic (exact) mass is 418 g/mol. The van der Waals surface area contributed by atoms with E-state index in [1.54, 1.807) is 6.07 Å². The number of hydrogen-bond donors (Lipinski definition) is 3. The molecule has 1 amide bonds. The molecule has 31 heavy (non-hydrogen) atoms. The average molecular weight is 419 g/mol. The summed E-state index contributed by atoms with van der Waals surface area (Å²) in [6.45, 7) is 3.29. The van der Waals surface area contributed by atoms with E-state index in [-0.39, 0.29) is 22.8 Å². The Morgan fingerprint density at radius 2 is 1.77 bits per heavy atom. The van der Waals surface area contributed by atoms with Crippen LogP contribution in [0.25, 0.3) is 0 Å². The molecule has 0 unspecified atom stereocenters. The van der Waals surface area contributed by atoms with Gasteiger partial charge in [0.1, 0.15) is 5.75 Å². The Labute approximate surface area is 185 Å². The molecular weight excluding hydrogens is 384 g/mol. The van der Waals surface area contributed by atoms with Crippen molar-refractivity contribution in [1.29, 1.82) is 0 Å². The summed E-state index contributed by atoms with van der Waals surface area (Å²) in [5.41, 5.74) is 1.98. The molecule has 0 aromatic heterocycles. The molecule has 4 nitrogen and oxygen atoms in total. The first-order valence-corrected chi connectivity index (χ1v) is 11.9. The average Bonchev–Trinajstić information content (AvgIpc) is 3.28. The lowest BCUT2D eigenvalue weighted by Gasteiger charge is -2.53. The number of phenols is 1. The Balaban J connectivity index is 1.43. The summed E-state index contributed by atoms with van der Waals surface area (Å²) >= 11 is 0. The molecule has 0 radical (unpaired) electrons. The van der Waals surface area contributed by atoms with Gasteiger partial charge in [0.25, 0.3) is 0 Å². The van der Waals surface area contributed by atoms with E-state index >= 15 is 0 Å². The number of aromatic hydroxyl groups is 1. The first-order valence-electron chi connectivity index (χ1n) is 11.9. The van der Waals surface area contributed by atoms with Crippen LogP contribution in [0.2, 0.25) is 0 Å². The van der Waals surface area contributed by atoms with Crippen LogP contribution in [0.5, 0.6) is 5.75 Å². The van der Waals surface area contributed by atoms with E-state index < -0.39 is 0 Å². The fourth-order valence-corrected chi connectivity index (χ4v) is 6.72. The highest BCUT2D eigenvalue weighted by Crippen LogP contribution is 2.48. The largest absolute Gasteiger partial charge is 0.508 e. The molecule has 2 saturated carbocycles. The number of piperidine rings is 1. The maximum atomic E-state index is 13.8. The van der Waals surface area contributed by atoms with Crippen LogP contribution in [0.3, 0.4) is 0 Å². The molecule has 3 fully saturated rings. The fraction of sp³-hybridized carbons (Fsp3) is 0.519. The fourth-order valence-electron chi connectivity index (χ4n) is 6.72. The number of benzene rings is 2. The van der Waals surface area contributed by atoms with E-state index in [1.807, 2.05) is 18.2 Å². The van der Waals surface area contributed by atoms with Crippen molar-refractivity contribution in [3.8, 4) is 5.75 Å². The van der Waals surface area contributed by atoms with Crippen LogP contribution in [0.1, 0.15) is 63.0 Å². The van der Waals surface area contributed by atoms with Crippen molar-refractivity contribution in [3.63, 3.8) is 0 Å². The lowest BCUT2D eigenvalue weighted by Crippen LogP contribution is -2.61. The summed E-state index contributed by atoms with van der Waals surface area (Å²) < 4.78 is 0. The molecule has 3 N–H and O–H groups in total. The van der Waals surface area contributed by atoms with E-state index in [1.165, 1.54) is 5.56 Å². The second-order valence-corrected chi connectivity index (χ2v) is 10.2. The van der Waals surface area contributed by atoms with E-state index in [0.717, 1.165) is 57.1 Å². The Morgan fingerprint density at radius 3 is 2.52 bits per heavy atom. The number of fused-ring (bicyclic) bond motifs is 2. The molecule has 2 aliphatic carbocycles. The highest BCUT2D eigenvalue weighted by atomic mass is 16.3. The van der Waals surface area contributed by atoms with Gasteiger partial charge in [-0.15, -0.1) is 0 Å². The van der Waals surface area contributed by atoms with Gasteiger partial charge in [-0.25, -0.2) is 0 Å². The van der Waals surface area contributed by atoms with E-state index in [2.05, 4.69) is 47.9 Å². The molecule has 2 aromatic rings. The van der Waals surface area contributed by atoms with E-state index in [9.17, 15) is 9.90 Å². The normalized spacial score (nSPS) is 31.8. The van der Waals surface area contributed by atoms with Crippen molar-refractivity contribution in [2.24, 2.45) is 5.92 Å². The summed E-state index contributed by atoms with van der Waals surface area (Å²) in [6.07, 6.45) is 7.07. The number of amides is 1. The number of rotatable bonds is 4. The Morgan fingerprint density at radius 1 is 1.03 bits per heavy atom. The first-order chi connectivity index (χ1) is 15.0. The zero-order valence-corrected chi connectivity index (χ0v) is 18.4. The highest BCUT2D eigenvalue weighted by molar-refractivity contribution is 5.88. The highest BCUT2D eigenvalue weighted by Gasteiger charge is 2.50. The van der Waals surface area contributed by atoms with Gasteiger partial charge in [0, 0.05) is 17.5 Å². The van der Waals surface area contributed by atoms with Crippen molar-refractivity contribution in [1.82, 2.24) is 10.6 Å². The molecule has 4 atom stereocenters. The number of nitrogens with one attached hydrogen (secondary N) is 2. The van der Waals surface area contributed by atoms with Gasteiger partial charge in [0.2, 0.25) is 5.91 Å². The van der Waals surface area contributed by atoms with E-state index in [4.69, 9.17) is 0 Å². The van der Waals surface area contributed by atoms with Gasteiger partial charge in [-0.1, -0.05) is 62.2 Å². The van der Waals surface area contributed by atoms with Crippen molar-refractivity contribution in [2.45, 2.75) is 74.8 Å². The van der Waals surface area contributed by atoms with Crippen molar-refractivity contribution in [2.75, 3.05) is 6.54 Å². The van der Waals surface area contributed by atoms with E-state index in [0.29, 0.717) is 17.7 Å². The maximum Gasteiger partial charge on any atom is 0.230 e. The molecule has 0 spiro atoms. The minimum atomic E-state index is -0.384. The smallest absolute Gasteiger partial charge is 0.230 e. The first kappa shape index (κ1) is 20.6. The second kappa shape index (κ2) is 7.98. The number of phenolic OH excluding ortho intramolecular Hbond substituents is 1. The second-order valence-electron chi connectivity index (χ2n) is 10.2. The van der Waals surface area contributed by atoms with Gasteiger partial charge < -0.3 is 15.7 Å². The molecule has 164 valence electrons. The zero-order chi connectivity index (χ0) is 21.5. The summed E-state index contributed by atoms with van der Waals surface area (Å²) in [7, 11) is 0. The topological polar surface area (TPSA) is 61.4 Å². The van der Waals surface area contributed by atoms with Crippen LogP contribution in [0, 0.1) is 5.92 Å². The van der Waals surface area contributed by atoms with Crippen molar-refractivity contribution < 1.29 is 9.90 Å². The Hall–Kier alpha value is -2.33.